The molecule has 4 saturated carbocycles. The molecule has 5 fully saturated rings. The van der Waals surface area contributed by atoms with Crippen LogP contribution in [-0.2, 0) is 17.9 Å². The third kappa shape index (κ3) is 4.38. The quantitative estimate of drug-likeness (QED) is 0.679. The third-order valence-electron chi connectivity index (χ3n) is 9.04. The molecule has 0 radical (unpaired) electrons. The van der Waals surface area contributed by atoms with Crippen LogP contribution in [0, 0.1) is 34.5 Å². The molecule has 4 aliphatic carbocycles. The van der Waals surface area contributed by atoms with Gasteiger partial charge in [0.15, 0.2) is 0 Å². The highest BCUT2D eigenvalue weighted by molar-refractivity contribution is 5.77. The Morgan fingerprint density at radius 3 is 2.50 bits per heavy atom. The highest BCUT2D eigenvalue weighted by atomic mass is 16.2. The van der Waals surface area contributed by atoms with E-state index in [1.807, 2.05) is 36.8 Å². The Morgan fingerprint density at radius 2 is 1.82 bits per heavy atom. The van der Waals surface area contributed by atoms with Crippen LogP contribution in [0.1, 0.15) is 68.2 Å². The van der Waals surface area contributed by atoms with Gasteiger partial charge in [-0.05, 0) is 85.8 Å². The molecule has 1 atom stereocenters. The first-order valence-electron chi connectivity index (χ1n) is 13.1. The summed E-state index contributed by atoms with van der Waals surface area (Å²) in [6.07, 6.45) is 13.8. The predicted molar refractivity (Wildman–Crippen MR) is 130 cm³/mol. The van der Waals surface area contributed by atoms with Crippen molar-refractivity contribution in [3.8, 4) is 6.07 Å². The number of carbonyl (C=O) groups excluding carboxylic acids is 1. The number of carbonyl (C=O) groups is 1. The first-order valence-corrected chi connectivity index (χ1v) is 13.1. The van der Waals surface area contributed by atoms with Gasteiger partial charge >= 0.3 is 0 Å². The van der Waals surface area contributed by atoms with Crippen molar-refractivity contribution in [3.05, 3.63) is 53.6 Å². The van der Waals surface area contributed by atoms with Gasteiger partial charge in [0.25, 0.3) is 0 Å². The van der Waals surface area contributed by atoms with E-state index in [1.165, 1.54) is 38.5 Å². The first kappa shape index (κ1) is 21.9. The molecule has 7 rings (SSSR count). The molecular weight excluding hydrogens is 422 g/mol. The van der Waals surface area contributed by atoms with Gasteiger partial charge in [-0.1, -0.05) is 12.1 Å². The number of aromatic nitrogens is 2. The zero-order valence-corrected chi connectivity index (χ0v) is 20.0. The van der Waals surface area contributed by atoms with Crippen molar-refractivity contribution in [2.45, 2.75) is 70.5 Å². The fourth-order valence-corrected chi connectivity index (χ4v) is 7.86. The van der Waals surface area contributed by atoms with Crippen molar-refractivity contribution in [2.75, 3.05) is 13.1 Å². The zero-order valence-electron chi connectivity index (χ0n) is 20.0. The van der Waals surface area contributed by atoms with Gasteiger partial charge in [0, 0.05) is 44.8 Å². The molecule has 2 heterocycles. The van der Waals surface area contributed by atoms with E-state index in [2.05, 4.69) is 25.8 Å². The summed E-state index contributed by atoms with van der Waals surface area (Å²) in [5.41, 5.74) is 3.30. The number of nitrogens with zero attached hydrogens (tertiary/aromatic N) is 4. The lowest BCUT2D eigenvalue weighted by Gasteiger charge is -2.56. The predicted octanol–water partition coefficient (Wildman–Crippen LogP) is 4.10. The molecule has 1 aromatic heterocycles. The third-order valence-corrected chi connectivity index (χ3v) is 9.04. The molecule has 178 valence electrons. The Morgan fingerprint density at radius 1 is 1.12 bits per heavy atom. The maximum Gasteiger partial charge on any atom is 0.223 e. The van der Waals surface area contributed by atoms with Gasteiger partial charge in [0.1, 0.15) is 0 Å². The number of nitriles is 1. The van der Waals surface area contributed by atoms with E-state index in [0.29, 0.717) is 22.9 Å². The zero-order chi connectivity index (χ0) is 23.1. The van der Waals surface area contributed by atoms with Gasteiger partial charge in [-0.2, -0.15) is 5.26 Å². The minimum absolute atomic E-state index is 0.329. The Kier molecular flexibility index (Phi) is 5.69. The highest BCUT2D eigenvalue weighted by Crippen LogP contribution is 2.61. The number of likely N-dealkylation sites (tertiary alicyclic amines) is 1. The van der Waals surface area contributed by atoms with Crippen molar-refractivity contribution in [1.29, 1.82) is 5.26 Å². The monoisotopic (exact) mass is 457 g/mol. The molecule has 4 bridgehead atoms. The average molecular weight is 458 g/mol. The number of rotatable bonds is 7. The number of nitrogens with one attached hydrogen (secondary N) is 1. The van der Waals surface area contributed by atoms with E-state index in [9.17, 15) is 4.79 Å². The topological polar surface area (TPSA) is 74.0 Å². The summed E-state index contributed by atoms with van der Waals surface area (Å²) in [4.78, 5) is 19.8. The largest absolute Gasteiger partial charge is 0.341 e. The molecule has 1 N–H and O–H groups in total. The second kappa shape index (κ2) is 8.85. The lowest BCUT2D eigenvalue weighted by Crippen LogP contribution is -2.48. The van der Waals surface area contributed by atoms with Crippen LogP contribution in [-0.4, -0.2) is 39.5 Å². The van der Waals surface area contributed by atoms with Crippen LogP contribution in [0.2, 0.25) is 0 Å². The summed E-state index contributed by atoms with van der Waals surface area (Å²) in [6.45, 7) is 3.20. The number of hydrogen-bond acceptors (Lipinski definition) is 4. The van der Waals surface area contributed by atoms with Crippen molar-refractivity contribution < 1.29 is 4.79 Å². The lowest BCUT2D eigenvalue weighted by atomic mass is 9.49. The fourth-order valence-electron chi connectivity index (χ4n) is 7.86. The van der Waals surface area contributed by atoms with Gasteiger partial charge in [-0.3, -0.25) is 4.79 Å². The molecule has 1 aromatic carbocycles. The molecule has 1 aliphatic heterocycles. The van der Waals surface area contributed by atoms with Crippen LogP contribution in [0.15, 0.2) is 36.8 Å². The highest BCUT2D eigenvalue weighted by Gasteiger charge is 2.51. The number of amides is 1. The summed E-state index contributed by atoms with van der Waals surface area (Å²) in [7, 11) is 0. The fraction of sp³-hybridized carbons (Fsp3) is 0.607. The summed E-state index contributed by atoms with van der Waals surface area (Å²) >= 11 is 0. The van der Waals surface area contributed by atoms with E-state index in [1.54, 1.807) is 0 Å². The minimum Gasteiger partial charge on any atom is -0.341 e. The van der Waals surface area contributed by atoms with E-state index < -0.39 is 0 Å². The van der Waals surface area contributed by atoms with Crippen LogP contribution < -0.4 is 5.32 Å². The molecule has 34 heavy (non-hydrogen) atoms. The van der Waals surface area contributed by atoms with Crippen molar-refractivity contribution in [2.24, 2.45) is 23.2 Å². The Balaban J connectivity index is 1.01. The smallest absolute Gasteiger partial charge is 0.223 e. The first-order chi connectivity index (χ1) is 16.6. The molecular formula is C28H35N5O. The molecule has 0 spiro atoms. The van der Waals surface area contributed by atoms with Crippen LogP contribution in [0.3, 0.4) is 0 Å². The summed E-state index contributed by atoms with van der Waals surface area (Å²) in [5.74, 6) is 3.11. The normalized spacial score (nSPS) is 31.7. The standard InChI is InChI=1S/C28H35N5O/c29-14-20-1-3-21(4-2-20)17-33-19-30-15-26(33)16-31-25-5-6-32(18-25)27(34)13-28-10-22-7-23(11-28)9-24(8-22)12-28/h1-4,15,19,22-25,31H,5-13,16-18H2/t22?,23?,24?,25-,28?/m1/s1. The van der Waals surface area contributed by atoms with Gasteiger partial charge < -0.3 is 14.8 Å². The Labute approximate surface area is 202 Å². The van der Waals surface area contributed by atoms with E-state index in [0.717, 1.165) is 68.0 Å². The number of benzene rings is 1. The van der Waals surface area contributed by atoms with Gasteiger partial charge in [0.2, 0.25) is 5.91 Å². The molecule has 6 heteroatoms. The molecule has 0 unspecified atom stereocenters. The second-order valence-electron chi connectivity index (χ2n) is 11.6. The van der Waals surface area contributed by atoms with Gasteiger partial charge in [-0.15, -0.1) is 0 Å². The molecule has 6 nitrogen and oxygen atoms in total. The second-order valence-corrected chi connectivity index (χ2v) is 11.6. The Bertz CT molecular complexity index is 1050. The number of imidazole rings is 1. The van der Waals surface area contributed by atoms with Crippen molar-refractivity contribution >= 4 is 5.91 Å². The van der Waals surface area contributed by atoms with Gasteiger partial charge in [0.05, 0.1) is 23.7 Å². The van der Waals surface area contributed by atoms with Crippen LogP contribution in [0.4, 0.5) is 0 Å². The SMILES string of the molecule is N#Cc1ccc(Cn2cncc2CN[C@@H]2CCN(C(=O)CC34CC5CC(CC(C5)C3)C4)C2)cc1. The molecule has 5 aliphatic rings. The summed E-state index contributed by atoms with van der Waals surface area (Å²) in [6, 6.07) is 10.2. The van der Waals surface area contributed by atoms with E-state index in [-0.39, 0.29) is 0 Å². The summed E-state index contributed by atoms with van der Waals surface area (Å²) < 4.78 is 2.15. The maximum atomic E-state index is 13.3. The molecule has 1 saturated heterocycles. The van der Waals surface area contributed by atoms with Crippen molar-refractivity contribution in [1.82, 2.24) is 19.8 Å². The molecule has 1 amide bonds. The number of hydrogen-bond donors (Lipinski definition) is 1. The van der Waals surface area contributed by atoms with Crippen molar-refractivity contribution in [3.63, 3.8) is 0 Å². The summed E-state index contributed by atoms with van der Waals surface area (Å²) in [5, 5.41) is 12.7. The van der Waals surface area contributed by atoms with Crippen LogP contribution >= 0.6 is 0 Å². The maximum absolute atomic E-state index is 13.3. The minimum atomic E-state index is 0.329. The van der Waals surface area contributed by atoms with E-state index >= 15 is 0 Å². The molecule has 2 aromatic rings. The van der Waals surface area contributed by atoms with Crippen LogP contribution in [0.5, 0.6) is 0 Å². The Hall–Kier alpha value is -2.65. The van der Waals surface area contributed by atoms with E-state index in [4.69, 9.17) is 5.26 Å². The van der Waals surface area contributed by atoms with Crippen LogP contribution in [0.25, 0.3) is 0 Å². The lowest BCUT2D eigenvalue weighted by molar-refractivity contribution is -0.138. The average Bonchev–Trinajstić information content (AvgIpc) is 3.46. The van der Waals surface area contributed by atoms with Gasteiger partial charge in [-0.25, -0.2) is 4.98 Å².